The largest absolute Gasteiger partial charge is 0.353 e. The molecule has 2 heterocycles. The summed E-state index contributed by atoms with van der Waals surface area (Å²) in [5, 5.41) is 0. The highest BCUT2D eigenvalue weighted by atomic mass is 32.2. The zero-order chi connectivity index (χ0) is 19.1. The van der Waals surface area contributed by atoms with Crippen molar-refractivity contribution < 1.29 is 13.2 Å². The predicted molar refractivity (Wildman–Crippen MR) is 102 cm³/mol. The van der Waals surface area contributed by atoms with Gasteiger partial charge in [0.1, 0.15) is 0 Å². The second kappa shape index (κ2) is 6.91. The maximum Gasteiger partial charge on any atom is 0.254 e. The summed E-state index contributed by atoms with van der Waals surface area (Å²) in [7, 11) is -1.37. The van der Waals surface area contributed by atoms with Crippen LogP contribution in [-0.2, 0) is 16.9 Å². The van der Waals surface area contributed by atoms with Crippen molar-refractivity contribution in [3.63, 3.8) is 0 Å². The number of carbonyl (C=O) groups excluding carboxylic acids is 1. The molecule has 1 aliphatic heterocycles. The van der Waals surface area contributed by atoms with Gasteiger partial charge in [0.2, 0.25) is 0 Å². The number of rotatable bonds is 3. The highest BCUT2D eigenvalue weighted by Gasteiger charge is 2.31. The maximum absolute atomic E-state index is 13.4. The summed E-state index contributed by atoms with van der Waals surface area (Å²) < 4.78 is 26.1. The number of nitrogens with zero attached hydrogens (tertiary/aromatic N) is 2. The number of hydrogen-bond acceptors (Lipinski definition) is 3. The second-order valence-electron chi connectivity index (χ2n) is 7.24. The third kappa shape index (κ3) is 3.43. The van der Waals surface area contributed by atoms with E-state index in [-0.39, 0.29) is 16.8 Å². The van der Waals surface area contributed by atoms with Gasteiger partial charge < -0.3 is 9.47 Å². The van der Waals surface area contributed by atoms with Gasteiger partial charge in [0.15, 0.2) is 9.84 Å². The number of likely N-dealkylation sites (tertiary alicyclic amines) is 1. The van der Waals surface area contributed by atoms with Crippen molar-refractivity contribution in [3.8, 4) is 0 Å². The van der Waals surface area contributed by atoms with Crippen LogP contribution in [0.15, 0.2) is 35.4 Å². The number of aryl methyl sites for hydroxylation is 2. The van der Waals surface area contributed by atoms with Crippen molar-refractivity contribution in [2.45, 2.75) is 44.0 Å². The first-order valence-electron chi connectivity index (χ1n) is 8.93. The number of aromatic nitrogens is 1. The summed E-state index contributed by atoms with van der Waals surface area (Å²) in [6.45, 7) is 4.43. The van der Waals surface area contributed by atoms with Crippen LogP contribution in [0.25, 0.3) is 0 Å². The lowest BCUT2D eigenvalue weighted by Crippen LogP contribution is -2.39. The van der Waals surface area contributed by atoms with Crippen LogP contribution >= 0.6 is 0 Å². The Morgan fingerprint density at radius 1 is 1.19 bits per heavy atom. The summed E-state index contributed by atoms with van der Waals surface area (Å²) in [5.74, 6) is -0.0815. The van der Waals surface area contributed by atoms with Crippen LogP contribution in [0.3, 0.4) is 0 Å². The smallest absolute Gasteiger partial charge is 0.254 e. The van der Waals surface area contributed by atoms with E-state index in [9.17, 15) is 13.2 Å². The first-order chi connectivity index (χ1) is 12.2. The third-order valence-corrected chi connectivity index (χ3v) is 6.48. The summed E-state index contributed by atoms with van der Waals surface area (Å²) >= 11 is 0. The molecule has 1 unspecified atom stereocenters. The molecule has 0 N–H and O–H groups in total. The van der Waals surface area contributed by atoms with Gasteiger partial charge in [-0.25, -0.2) is 8.42 Å². The Morgan fingerprint density at radius 2 is 1.92 bits per heavy atom. The van der Waals surface area contributed by atoms with Crippen molar-refractivity contribution in [1.82, 2.24) is 9.47 Å². The normalized spacial score (nSPS) is 18.2. The van der Waals surface area contributed by atoms with Crippen LogP contribution < -0.4 is 0 Å². The molecule has 1 aliphatic rings. The Hall–Kier alpha value is -2.08. The Kier molecular flexibility index (Phi) is 4.97. The molecule has 1 aromatic carbocycles. The van der Waals surface area contributed by atoms with Crippen LogP contribution in [0.5, 0.6) is 0 Å². The first-order valence-corrected chi connectivity index (χ1v) is 10.8. The van der Waals surface area contributed by atoms with Gasteiger partial charge in [0.25, 0.3) is 5.91 Å². The van der Waals surface area contributed by atoms with Crippen molar-refractivity contribution >= 4 is 15.7 Å². The van der Waals surface area contributed by atoms with Crippen molar-refractivity contribution in [2.75, 3.05) is 12.8 Å². The van der Waals surface area contributed by atoms with Crippen LogP contribution in [0.2, 0.25) is 0 Å². The van der Waals surface area contributed by atoms with Crippen molar-refractivity contribution in [3.05, 3.63) is 52.8 Å². The number of carbonyl (C=O) groups is 1. The third-order valence-electron chi connectivity index (χ3n) is 5.39. The van der Waals surface area contributed by atoms with E-state index in [2.05, 4.69) is 10.6 Å². The van der Waals surface area contributed by atoms with Gasteiger partial charge in [-0.3, -0.25) is 4.79 Å². The molecule has 5 nitrogen and oxygen atoms in total. The first kappa shape index (κ1) is 18.7. The highest BCUT2D eigenvalue weighted by molar-refractivity contribution is 7.90. The van der Waals surface area contributed by atoms with Crippen LogP contribution in [0.4, 0.5) is 0 Å². The fourth-order valence-electron chi connectivity index (χ4n) is 3.72. The van der Waals surface area contributed by atoms with E-state index in [1.807, 2.05) is 38.1 Å². The Labute approximate surface area is 155 Å². The molecule has 0 aliphatic carbocycles. The lowest BCUT2D eigenvalue weighted by Gasteiger charge is -2.36. The molecule has 2 aromatic rings. The predicted octanol–water partition coefficient (Wildman–Crippen LogP) is 3.41. The van der Waals surface area contributed by atoms with Gasteiger partial charge >= 0.3 is 0 Å². The summed E-state index contributed by atoms with van der Waals surface area (Å²) in [6, 6.07) is 7.26. The van der Waals surface area contributed by atoms with Crippen LogP contribution in [0.1, 0.15) is 52.5 Å². The van der Waals surface area contributed by atoms with E-state index in [4.69, 9.17) is 0 Å². The zero-order valence-corrected chi connectivity index (χ0v) is 16.6. The quantitative estimate of drug-likeness (QED) is 0.827. The molecule has 140 valence electrons. The molecular formula is C20H26N2O3S. The SMILES string of the molecule is Cc1cc(S(C)(=O)=O)cc(C(=O)N2CCCCC2c2cccn2C)c1C. The number of hydrogen-bond donors (Lipinski definition) is 0. The molecule has 1 saturated heterocycles. The molecule has 26 heavy (non-hydrogen) atoms. The van der Waals surface area contributed by atoms with E-state index in [1.54, 1.807) is 6.07 Å². The number of benzene rings is 1. The van der Waals surface area contributed by atoms with Gasteiger partial charge in [-0.1, -0.05) is 0 Å². The van der Waals surface area contributed by atoms with Gasteiger partial charge in [-0.2, -0.15) is 0 Å². The molecule has 0 bridgehead atoms. The topological polar surface area (TPSA) is 59.4 Å². The zero-order valence-electron chi connectivity index (χ0n) is 15.8. The van der Waals surface area contributed by atoms with E-state index in [1.165, 1.54) is 12.3 Å². The van der Waals surface area contributed by atoms with Gasteiger partial charge in [-0.05, 0) is 68.5 Å². The minimum absolute atomic E-state index is 0.0258. The summed E-state index contributed by atoms with van der Waals surface area (Å²) in [5.41, 5.74) is 3.28. The van der Waals surface area contributed by atoms with E-state index >= 15 is 0 Å². The fourth-order valence-corrected chi connectivity index (χ4v) is 4.44. The molecule has 0 radical (unpaired) electrons. The number of piperidine rings is 1. The average Bonchev–Trinajstić information content (AvgIpc) is 3.01. The standard InChI is InChI=1S/C20H26N2O3S/c1-14-12-16(26(4,24)25)13-17(15(14)2)20(23)22-11-6-5-8-19(22)18-9-7-10-21(18)3/h7,9-10,12-13,19H,5-6,8,11H2,1-4H3. The molecule has 0 saturated carbocycles. The molecule has 1 amide bonds. The second-order valence-corrected chi connectivity index (χ2v) is 9.25. The molecular weight excluding hydrogens is 348 g/mol. The van der Waals surface area contributed by atoms with E-state index < -0.39 is 9.84 Å². The Morgan fingerprint density at radius 3 is 2.54 bits per heavy atom. The Bertz CT molecular complexity index is 944. The highest BCUT2D eigenvalue weighted by Crippen LogP contribution is 2.33. The van der Waals surface area contributed by atoms with Crippen molar-refractivity contribution in [1.29, 1.82) is 0 Å². The molecule has 1 atom stereocenters. The Balaban J connectivity index is 2.05. The molecule has 0 spiro atoms. The minimum atomic E-state index is -3.37. The van der Waals surface area contributed by atoms with Gasteiger partial charge in [0.05, 0.1) is 10.9 Å². The molecule has 6 heteroatoms. The van der Waals surface area contributed by atoms with E-state index in [0.717, 1.165) is 36.1 Å². The minimum Gasteiger partial charge on any atom is -0.353 e. The van der Waals surface area contributed by atoms with E-state index in [0.29, 0.717) is 12.1 Å². The van der Waals surface area contributed by atoms with Crippen molar-refractivity contribution in [2.24, 2.45) is 7.05 Å². The summed E-state index contributed by atoms with van der Waals surface area (Å²) in [4.78, 5) is 15.5. The lowest BCUT2D eigenvalue weighted by molar-refractivity contribution is 0.0601. The van der Waals surface area contributed by atoms with Gasteiger partial charge in [-0.15, -0.1) is 0 Å². The average molecular weight is 375 g/mol. The summed E-state index contributed by atoms with van der Waals surface area (Å²) in [6.07, 6.45) is 6.15. The molecule has 1 fully saturated rings. The number of sulfone groups is 1. The lowest BCUT2D eigenvalue weighted by atomic mass is 9.96. The monoisotopic (exact) mass is 374 g/mol. The number of amides is 1. The fraction of sp³-hybridized carbons (Fsp3) is 0.450. The van der Waals surface area contributed by atoms with Crippen LogP contribution in [-0.4, -0.2) is 36.6 Å². The van der Waals surface area contributed by atoms with Gasteiger partial charge in [0, 0.05) is 37.3 Å². The maximum atomic E-state index is 13.4. The molecule has 3 rings (SSSR count). The van der Waals surface area contributed by atoms with Crippen LogP contribution in [0, 0.1) is 13.8 Å². The molecule has 1 aromatic heterocycles.